The van der Waals surface area contributed by atoms with Crippen molar-refractivity contribution in [2.24, 2.45) is 0 Å². The van der Waals surface area contributed by atoms with Crippen LogP contribution in [0.5, 0.6) is 5.75 Å². The molecule has 0 aromatic heterocycles. The zero-order valence-corrected chi connectivity index (χ0v) is 13.8. The van der Waals surface area contributed by atoms with Crippen LogP contribution in [0, 0.1) is 6.92 Å². The number of aryl methyl sites for hydroxylation is 2. The predicted molar refractivity (Wildman–Crippen MR) is 91.9 cm³/mol. The minimum absolute atomic E-state index is 0.0159. The van der Waals surface area contributed by atoms with E-state index in [0.29, 0.717) is 12.2 Å². The second-order valence-corrected chi connectivity index (χ2v) is 6.03. The number of amides is 1. The normalized spacial score (nSPS) is 16.5. The largest absolute Gasteiger partial charge is 0.494 e. The first-order valence-electron chi connectivity index (χ1n) is 8.31. The Morgan fingerprint density at radius 1 is 1.26 bits per heavy atom. The minimum Gasteiger partial charge on any atom is -0.494 e. The van der Waals surface area contributed by atoms with E-state index in [9.17, 15) is 4.79 Å². The molecular formula is C20H23NO2. The summed E-state index contributed by atoms with van der Waals surface area (Å²) in [6, 6.07) is 14.1. The molecule has 120 valence electrons. The number of ether oxygens (including phenoxy) is 1. The van der Waals surface area contributed by atoms with Crippen molar-refractivity contribution in [3.63, 3.8) is 0 Å². The topological polar surface area (TPSA) is 38.3 Å². The highest BCUT2D eigenvalue weighted by molar-refractivity contribution is 5.94. The molecule has 2 aromatic carbocycles. The Balaban J connectivity index is 1.76. The van der Waals surface area contributed by atoms with Gasteiger partial charge in [-0.1, -0.05) is 24.3 Å². The maximum Gasteiger partial charge on any atom is 0.251 e. The van der Waals surface area contributed by atoms with E-state index in [1.807, 2.05) is 38.1 Å². The lowest BCUT2D eigenvalue weighted by Gasteiger charge is -2.26. The molecule has 3 nitrogen and oxygen atoms in total. The molecule has 0 fully saturated rings. The van der Waals surface area contributed by atoms with Gasteiger partial charge in [-0.15, -0.1) is 0 Å². The van der Waals surface area contributed by atoms with Crippen molar-refractivity contribution >= 4 is 5.91 Å². The van der Waals surface area contributed by atoms with Crippen LogP contribution >= 0.6 is 0 Å². The van der Waals surface area contributed by atoms with Gasteiger partial charge < -0.3 is 10.1 Å². The van der Waals surface area contributed by atoms with Crippen LogP contribution in [0.15, 0.2) is 42.5 Å². The molecule has 0 saturated heterocycles. The van der Waals surface area contributed by atoms with Crippen LogP contribution in [0.3, 0.4) is 0 Å². The molecule has 23 heavy (non-hydrogen) atoms. The van der Waals surface area contributed by atoms with E-state index in [1.54, 1.807) is 0 Å². The van der Waals surface area contributed by atoms with Crippen molar-refractivity contribution < 1.29 is 9.53 Å². The highest BCUT2D eigenvalue weighted by Gasteiger charge is 2.22. The van der Waals surface area contributed by atoms with Crippen molar-refractivity contribution in [3.8, 4) is 5.75 Å². The number of nitrogens with one attached hydrogen (secondary N) is 1. The maximum atomic E-state index is 12.6. The van der Waals surface area contributed by atoms with Crippen LogP contribution in [-0.2, 0) is 6.42 Å². The second kappa shape index (κ2) is 6.86. The molecule has 2 aromatic rings. The Bertz CT molecular complexity index is 709. The summed E-state index contributed by atoms with van der Waals surface area (Å²) in [6.45, 7) is 4.56. The Morgan fingerprint density at radius 3 is 2.87 bits per heavy atom. The summed E-state index contributed by atoms with van der Waals surface area (Å²) in [6.07, 6.45) is 3.22. The number of fused-ring (bicyclic) bond motifs is 1. The van der Waals surface area contributed by atoms with Gasteiger partial charge in [-0.3, -0.25) is 4.79 Å². The Kier molecular flexibility index (Phi) is 4.65. The van der Waals surface area contributed by atoms with Crippen LogP contribution in [-0.4, -0.2) is 12.5 Å². The van der Waals surface area contributed by atoms with Crippen molar-refractivity contribution in [1.29, 1.82) is 0 Å². The zero-order chi connectivity index (χ0) is 16.2. The molecule has 0 bridgehead atoms. The van der Waals surface area contributed by atoms with Crippen LogP contribution < -0.4 is 10.1 Å². The number of benzene rings is 2. The van der Waals surface area contributed by atoms with Crippen LogP contribution in [0.2, 0.25) is 0 Å². The van der Waals surface area contributed by atoms with Crippen LogP contribution in [0.25, 0.3) is 0 Å². The number of hydrogen-bond acceptors (Lipinski definition) is 2. The van der Waals surface area contributed by atoms with Gasteiger partial charge in [0.05, 0.1) is 12.6 Å². The fraction of sp³-hybridized carbons (Fsp3) is 0.350. The third-order valence-electron chi connectivity index (χ3n) is 4.41. The zero-order valence-electron chi connectivity index (χ0n) is 13.8. The number of hydrogen-bond donors (Lipinski definition) is 1. The molecule has 1 aliphatic rings. The quantitative estimate of drug-likeness (QED) is 0.919. The van der Waals surface area contributed by atoms with Crippen molar-refractivity contribution in [2.75, 3.05) is 6.61 Å². The molecule has 0 spiro atoms. The van der Waals surface area contributed by atoms with Gasteiger partial charge in [0.25, 0.3) is 5.91 Å². The average Bonchev–Trinajstić information content (AvgIpc) is 2.57. The minimum atomic E-state index is -0.0159. The molecule has 3 rings (SSSR count). The molecule has 1 atom stereocenters. The molecule has 0 radical (unpaired) electrons. The Morgan fingerprint density at radius 2 is 2.09 bits per heavy atom. The predicted octanol–water partition coefficient (Wildman–Crippen LogP) is 4.20. The fourth-order valence-corrected chi connectivity index (χ4v) is 3.25. The molecular weight excluding hydrogens is 286 g/mol. The van der Waals surface area contributed by atoms with E-state index in [1.165, 1.54) is 11.1 Å². The van der Waals surface area contributed by atoms with Crippen molar-refractivity contribution in [3.05, 3.63) is 64.7 Å². The van der Waals surface area contributed by atoms with E-state index in [-0.39, 0.29) is 11.9 Å². The Hall–Kier alpha value is -2.29. The summed E-state index contributed by atoms with van der Waals surface area (Å²) in [4.78, 5) is 12.6. The fourth-order valence-electron chi connectivity index (χ4n) is 3.25. The van der Waals surface area contributed by atoms with Crippen LogP contribution in [0.4, 0.5) is 0 Å². The molecule has 0 unspecified atom stereocenters. The van der Waals surface area contributed by atoms with E-state index >= 15 is 0 Å². The maximum absolute atomic E-state index is 12.6. The summed E-state index contributed by atoms with van der Waals surface area (Å²) in [5.41, 5.74) is 4.29. The standard InChI is InChI=1S/C20H23NO2/c1-3-23-19-12-11-16(13-14(19)2)20(22)21-18-10-6-8-15-7-4-5-9-17(15)18/h4-5,7,9,11-13,18H,3,6,8,10H2,1-2H3,(H,21,22)/t18-/m1/s1. The number of rotatable bonds is 4. The second-order valence-electron chi connectivity index (χ2n) is 6.03. The van der Waals surface area contributed by atoms with Crippen molar-refractivity contribution in [2.45, 2.75) is 39.2 Å². The third kappa shape index (κ3) is 3.39. The van der Waals surface area contributed by atoms with Crippen LogP contribution in [0.1, 0.15) is 52.9 Å². The van der Waals surface area contributed by atoms with Gasteiger partial charge in [-0.25, -0.2) is 0 Å². The summed E-state index contributed by atoms with van der Waals surface area (Å²) in [5, 5.41) is 3.19. The molecule has 3 heteroatoms. The summed E-state index contributed by atoms with van der Waals surface area (Å²) in [7, 11) is 0. The molecule has 0 aliphatic heterocycles. The third-order valence-corrected chi connectivity index (χ3v) is 4.41. The Labute approximate surface area is 137 Å². The highest BCUT2D eigenvalue weighted by Crippen LogP contribution is 2.30. The van der Waals surface area contributed by atoms with Gasteiger partial charge in [0, 0.05) is 5.56 Å². The van der Waals surface area contributed by atoms with Gasteiger partial charge in [-0.05, 0) is 68.0 Å². The van der Waals surface area contributed by atoms with Crippen molar-refractivity contribution in [1.82, 2.24) is 5.32 Å². The summed E-state index contributed by atoms with van der Waals surface area (Å²) >= 11 is 0. The van der Waals surface area contributed by atoms with E-state index < -0.39 is 0 Å². The van der Waals surface area contributed by atoms with Gasteiger partial charge in [-0.2, -0.15) is 0 Å². The van der Waals surface area contributed by atoms with Gasteiger partial charge >= 0.3 is 0 Å². The van der Waals surface area contributed by atoms with E-state index in [0.717, 1.165) is 30.6 Å². The lowest BCUT2D eigenvalue weighted by atomic mass is 9.87. The number of carbonyl (C=O) groups is 1. The monoisotopic (exact) mass is 309 g/mol. The summed E-state index contributed by atoms with van der Waals surface area (Å²) < 4.78 is 5.54. The van der Waals surface area contributed by atoms with Gasteiger partial charge in [0.1, 0.15) is 5.75 Å². The smallest absolute Gasteiger partial charge is 0.251 e. The molecule has 1 aliphatic carbocycles. The molecule has 1 amide bonds. The van der Waals surface area contributed by atoms with E-state index in [4.69, 9.17) is 4.74 Å². The van der Waals surface area contributed by atoms with E-state index in [2.05, 4.69) is 23.5 Å². The first-order chi connectivity index (χ1) is 11.2. The first-order valence-corrected chi connectivity index (χ1v) is 8.31. The molecule has 0 saturated carbocycles. The summed E-state index contributed by atoms with van der Waals surface area (Å²) in [5.74, 6) is 0.824. The number of carbonyl (C=O) groups excluding carboxylic acids is 1. The van der Waals surface area contributed by atoms with Gasteiger partial charge in [0.2, 0.25) is 0 Å². The average molecular weight is 309 g/mol. The lowest BCUT2D eigenvalue weighted by molar-refractivity contribution is 0.0932. The molecule has 0 heterocycles. The first kappa shape index (κ1) is 15.6. The highest BCUT2D eigenvalue weighted by atomic mass is 16.5. The molecule has 1 N–H and O–H groups in total. The SMILES string of the molecule is CCOc1ccc(C(=O)N[C@@H]2CCCc3ccccc32)cc1C. The van der Waals surface area contributed by atoms with Gasteiger partial charge in [0.15, 0.2) is 0 Å². The lowest BCUT2D eigenvalue weighted by Crippen LogP contribution is -2.31.